The third-order valence-electron chi connectivity index (χ3n) is 5.39. The van der Waals surface area contributed by atoms with Crippen LogP contribution < -0.4 is 10.6 Å². The molecule has 0 saturated heterocycles. The van der Waals surface area contributed by atoms with Gasteiger partial charge < -0.3 is 10.6 Å². The summed E-state index contributed by atoms with van der Waals surface area (Å²) < 4.78 is 0. The Morgan fingerprint density at radius 3 is 1.00 bits per heavy atom. The minimum atomic E-state index is 0.352. The Hall–Kier alpha value is -4.58. The van der Waals surface area contributed by atoms with Gasteiger partial charge in [0.2, 0.25) is 11.9 Å². The van der Waals surface area contributed by atoms with Crippen LogP contribution in [0.15, 0.2) is 117 Å². The van der Waals surface area contributed by atoms with Gasteiger partial charge in [-0.3, -0.25) is 0 Å². The second-order valence-electron chi connectivity index (χ2n) is 8.72. The van der Waals surface area contributed by atoms with Gasteiger partial charge in [-0.15, -0.1) is 10.2 Å². The van der Waals surface area contributed by atoms with Gasteiger partial charge in [-0.25, -0.2) is 9.98 Å². The van der Waals surface area contributed by atoms with Crippen molar-refractivity contribution in [3.05, 3.63) is 119 Å². The fraction of sp³-hybridized carbons (Fsp3) is 0.133. The van der Waals surface area contributed by atoms with Crippen LogP contribution in [-0.4, -0.2) is 11.9 Å². The quantitative estimate of drug-likeness (QED) is 0.177. The van der Waals surface area contributed by atoms with Crippen LogP contribution >= 0.6 is 0 Å². The molecule has 36 heavy (non-hydrogen) atoms. The van der Waals surface area contributed by atoms with E-state index in [4.69, 9.17) is 0 Å². The third-order valence-corrected chi connectivity index (χ3v) is 5.39. The number of hydrogen-bond acceptors (Lipinski definition) is 2. The third kappa shape index (κ3) is 7.46. The summed E-state index contributed by atoms with van der Waals surface area (Å²) in [5.41, 5.74) is 7.97. The average molecular weight is 475 g/mol. The van der Waals surface area contributed by atoms with Crippen molar-refractivity contribution in [3.63, 3.8) is 0 Å². The lowest BCUT2D eigenvalue weighted by Crippen LogP contribution is -2.12. The van der Waals surface area contributed by atoms with Gasteiger partial charge in [-0.1, -0.05) is 70.8 Å². The van der Waals surface area contributed by atoms with E-state index in [-0.39, 0.29) is 0 Å². The maximum absolute atomic E-state index is 4.69. The van der Waals surface area contributed by atoms with Gasteiger partial charge in [0.25, 0.3) is 0 Å². The fourth-order valence-electron chi connectivity index (χ4n) is 3.26. The summed E-state index contributed by atoms with van der Waals surface area (Å²) in [4.78, 5) is 9.38. The molecular weight excluding hydrogens is 444 g/mol. The van der Waals surface area contributed by atoms with Crippen molar-refractivity contribution in [2.45, 2.75) is 27.7 Å². The molecule has 0 aliphatic carbocycles. The number of nitrogens with zero attached hydrogens (tertiary/aromatic N) is 4. The first-order valence-electron chi connectivity index (χ1n) is 11.8. The molecule has 0 amide bonds. The van der Waals surface area contributed by atoms with E-state index in [1.165, 1.54) is 22.3 Å². The van der Waals surface area contributed by atoms with Crippen LogP contribution in [0.5, 0.6) is 0 Å². The van der Waals surface area contributed by atoms with Gasteiger partial charge in [-0.2, -0.15) is 0 Å². The molecule has 4 rings (SSSR count). The largest absolute Gasteiger partial charge is 0.323 e. The molecule has 0 heterocycles. The van der Waals surface area contributed by atoms with E-state index >= 15 is 0 Å². The summed E-state index contributed by atoms with van der Waals surface area (Å²) >= 11 is 0. The van der Waals surface area contributed by atoms with Crippen molar-refractivity contribution in [1.29, 1.82) is 0 Å². The standard InChI is InChI=1S/C30H30N6/c1-21-5-13-25(14-6-21)31-29(32-26-15-7-22(2)8-16-26)35-36-30(33-27-17-9-23(3)10-18-27)34-28-19-11-24(4)12-20-28/h5-20H,1-4H3,(H,31,32)(H,33,34). The molecule has 6 nitrogen and oxygen atoms in total. The first kappa shape index (κ1) is 24.5. The Morgan fingerprint density at radius 2 is 0.694 bits per heavy atom. The SMILES string of the molecule is Cc1ccc(N=C(N=NC(=Nc2ccc(C)cc2)Nc2ccc(C)cc2)Nc2ccc(C)cc2)cc1. The average Bonchev–Trinajstić information content (AvgIpc) is 2.88. The highest BCUT2D eigenvalue weighted by molar-refractivity contribution is 5.99. The van der Waals surface area contributed by atoms with Gasteiger partial charge >= 0.3 is 0 Å². The highest BCUT2D eigenvalue weighted by Gasteiger charge is 2.05. The van der Waals surface area contributed by atoms with E-state index in [0.717, 1.165) is 22.7 Å². The number of rotatable bonds is 4. The minimum Gasteiger partial charge on any atom is -0.323 e. The van der Waals surface area contributed by atoms with Crippen LogP contribution in [0.2, 0.25) is 0 Å². The zero-order valence-corrected chi connectivity index (χ0v) is 21.0. The Bertz CT molecular complexity index is 1260. The topological polar surface area (TPSA) is 73.5 Å². The summed E-state index contributed by atoms with van der Waals surface area (Å²) in [5, 5.41) is 15.5. The molecule has 0 aliphatic rings. The van der Waals surface area contributed by atoms with Crippen LogP contribution in [-0.2, 0) is 0 Å². The minimum absolute atomic E-state index is 0.352. The Labute approximate surface area is 212 Å². The molecule has 0 saturated carbocycles. The van der Waals surface area contributed by atoms with Crippen molar-refractivity contribution in [2.75, 3.05) is 10.6 Å². The lowest BCUT2D eigenvalue weighted by molar-refractivity contribution is 1.26. The molecule has 2 N–H and O–H groups in total. The van der Waals surface area contributed by atoms with Gasteiger partial charge in [0, 0.05) is 11.4 Å². The summed E-state index contributed by atoms with van der Waals surface area (Å²) in [7, 11) is 0. The number of nitrogens with one attached hydrogen (secondary N) is 2. The molecule has 4 aromatic carbocycles. The van der Waals surface area contributed by atoms with E-state index in [9.17, 15) is 0 Å². The number of benzene rings is 4. The molecule has 180 valence electrons. The summed E-state index contributed by atoms with van der Waals surface area (Å²) in [6.07, 6.45) is 0. The van der Waals surface area contributed by atoms with Crippen molar-refractivity contribution >= 4 is 34.7 Å². The van der Waals surface area contributed by atoms with E-state index in [1.807, 2.05) is 111 Å². The maximum atomic E-state index is 4.69. The van der Waals surface area contributed by atoms with Crippen molar-refractivity contribution in [2.24, 2.45) is 20.2 Å². The Kier molecular flexibility index (Phi) is 7.98. The van der Waals surface area contributed by atoms with Crippen LogP contribution in [0.3, 0.4) is 0 Å². The van der Waals surface area contributed by atoms with Crippen molar-refractivity contribution in [1.82, 2.24) is 0 Å². The van der Waals surface area contributed by atoms with E-state index in [2.05, 4.69) is 44.7 Å². The summed E-state index contributed by atoms with van der Waals surface area (Å²) in [6, 6.07) is 32.0. The Balaban J connectivity index is 1.68. The van der Waals surface area contributed by atoms with Crippen LogP contribution in [0.4, 0.5) is 22.7 Å². The molecule has 6 heteroatoms. The second kappa shape index (κ2) is 11.7. The fourth-order valence-corrected chi connectivity index (χ4v) is 3.26. The predicted molar refractivity (Wildman–Crippen MR) is 151 cm³/mol. The number of aryl methyl sites for hydroxylation is 4. The molecule has 0 bridgehead atoms. The number of aliphatic imine (C=N–C) groups is 2. The van der Waals surface area contributed by atoms with Crippen LogP contribution in [0, 0.1) is 27.7 Å². The van der Waals surface area contributed by atoms with Gasteiger partial charge in [0.1, 0.15) is 0 Å². The van der Waals surface area contributed by atoms with E-state index < -0.39 is 0 Å². The first-order chi connectivity index (χ1) is 17.4. The zero-order chi connectivity index (χ0) is 25.3. The number of guanidine groups is 2. The van der Waals surface area contributed by atoms with Crippen LogP contribution in [0.25, 0.3) is 0 Å². The van der Waals surface area contributed by atoms with Crippen molar-refractivity contribution in [3.8, 4) is 0 Å². The van der Waals surface area contributed by atoms with Crippen LogP contribution in [0.1, 0.15) is 22.3 Å². The van der Waals surface area contributed by atoms with E-state index in [0.29, 0.717) is 11.9 Å². The molecule has 0 spiro atoms. The number of anilines is 2. The summed E-state index contributed by atoms with van der Waals surface area (Å²) in [6.45, 7) is 8.19. The number of hydrogen-bond donors (Lipinski definition) is 2. The lowest BCUT2D eigenvalue weighted by Gasteiger charge is -2.08. The monoisotopic (exact) mass is 474 g/mol. The Morgan fingerprint density at radius 1 is 0.417 bits per heavy atom. The number of azo groups is 1. The molecule has 0 unspecified atom stereocenters. The van der Waals surface area contributed by atoms with E-state index in [1.54, 1.807) is 0 Å². The highest BCUT2D eigenvalue weighted by atomic mass is 15.3. The first-order valence-corrected chi connectivity index (χ1v) is 11.8. The zero-order valence-electron chi connectivity index (χ0n) is 21.0. The van der Waals surface area contributed by atoms with Gasteiger partial charge in [0.05, 0.1) is 11.4 Å². The van der Waals surface area contributed by atoms with Gasteiger partial charge in [0.15, 0.2) is 0 Å². The van der Waals surface area contributed by atoms with Crippen molar-refractivity contribution < 1.29 is 0 Å². The molecule has 0 radical (unpaired) electrons. The maximum Gasteiger partial charge on any atom is 0.247 e. The molecule has 0 aromatic heterocycles. The highest BCUT2D eigenvalue weighted by Crippen LogP contribution is 2.17. The molecule has 0 aliphatic heterocycles. The smallest absolute Gasteiger partial charge is 0.247 e. The second-order valence-corrected chi connectivity index (χ2v) is 8.72. The molecular formula is C30H30N6. The predicted octanol–water partition coefficient (Wildman–Crippen LogP) is 8.27. The normalized spacial score (nSPS) is 12.1. The molecule has 0 fully saturated rings. The lowest BCUT2D eigenvalue weighted by atomic mass is 10.2. The molecule has 4 aromatic rings. The summed E-state index contributed by atoms with van der Waals surface area (Å²) in [5.74, 6) is 0.704. The van der Waals surface area contributed by atoms with Gasteiger partial charge in [-0.05, 0) is 76.2 Å². The molecule has 0 atom stereocenters.